The Hall–Kier alpha value is -0.570. The number of halogens is 1. The second kappa shape index (κ2) is 3.72. The lowest BCUT2D eigenvalue weighted by atomic mass is 10.1. The van der Waals surface area contributed by atoms with Crippen molar-refractivity contribution in [1.82, 2.24) is 10.9 Å². The number of fused-ring (bicyclic) bond motifs is 1. The fourth-order valence-electron chi connectivity index (χ4n) is 1.22. The summed E-state index contributed by atoms with van der Waals surface area (Å²) >= 11 is 0. The number of benzene rings is 1. The maximum Gasteiger partial charge on any atom is 0.0354 e. The van der Waals surface area contributed by atoms with Gasteiger partial charge in [0.25, 0.3) is 0 Å². The highest BCUT2D eigenvalue weighted by Gasteiger charge is 2.04. The molecule has 1 aromatic rings. The minimum Gasteiger partial charge on any atom is -0.253 e. The van der Waals surface area contributed by atoms with Gasteiger partial charge in [-0.3, -0.25) is 10.9 Å². The molecule has 0 saturated heterocycles. The minimum atomic E-state index is 0. The van der Waals surface area contributed by atoms with Gasteiger partial charge < -0.3 is 0 Å². The highest BCUT2D eigenvalue weighted by Crippen LogP contribution is 2.09. The van der Waals surface area contributed by atoms with Gasteiger partial charge in [-0.2, -0.15) is 0 Å². The third-order valence-corrected chi connectivity index (χ3v) is 1.80. The second-order valence-electron chi connectivity index (χ2n) is 2.48. The summed E-state index contributed by atoms with van der Waals surface area (Å²) in [5.41, 5.74) is 8.99. The van der Waals surface area contributed by atoms with Crippen LogP contribution in [0.2, 0.25) is 0 Å². The van der Waals surface area contributed by atoms with Gasteiger partial charge in [0.1, 0.15) is 0 Å². The molecular weight excluding hydrogens is 160 g/mol. The fraction of sp³-hybridized carbons (Fsp3) is 0.250. The van der Waals surface area contributed by atoms with E-state index in [0.717, 1.165) is 13.1 Å². The van der Waals surface area contributed by atoms with E-state index in [1.807, 2.05) is 0 Å². The van der Waals surface area contributed by atoms with Crippen molar-refractivity contribution in [3.05, 3.63) is 35.4 Å². The summed E-state index contributed by atoms with van der Waals surface area (Å²) in [5.74, 6) is 0. The Kier molecular flexibility index (Phi) is 2.88. The molecule has 60 valence electrons. The zero-order valence-electron chi connectivity index (χ0n) is 6.13. The highest BCUT2D eigenvalue weighted by molar-refractivity contribution is 5.85. The van der Waals surface area contributed by atoms with Crippen LogP contribution in [0.4, 0.5) is 0 Å². The van der Waals surface area contributed by atoms with Crippen molar-refractivity contribution in [2.75, 3.05) is 0 Å². The lowest BCUT2D eigenvalue weighted by Crippen LogP contribution is -2.35. The van der Waals surface area contributed by atoms with Gasteiger partial charge in [-0.15, -0.1) is 12.4 Å². The van der Waals surface area contributed by atoms with Crippen LogP contribution in [0, 0.1) is 0 Å². The summed E-state index contributed by atoms with van der Waals surface area (Å²) in [6, 6.07) is 8.46. The average molecular weight is 171 g/mol. The standard InChI is InChI=1S/C8H10N2.ClH/c1-2-4-8-6-10-9-5-7(8)3-1;/h1-4,9-10H,5-6H2;1H. The molecule has 0 bridgehead atoms. The smallest absolute Gasteiger partial charge is 0.0354 e. The van der Waals surface area contributed by atoms with E-state index in [1.165, 1.54) is 11.1 Å². The fourth-order valence-corrected chi connectivity index (χ4v) is 1.22. The Bertz CT molecular complexity index is 212. The summed E-state index contributed by atoms with van der Waals surface area (Å²) in [6.07, 6.45) is 0. The van der Waals surface area contributed by atoms with Crippen LogP contribution in [0.3, 0.4) is 0 Å². The van der Waals surface area contributed by atoms with Crippen molar-refractivity contribution >= 4 is 12.4 Å². The number of hydrazine groups is 1. The van der Waals surface area contributed by atoms with Crippen molar-refractivity contribution in [2.24, 2.45) is 0 Å². The summed E-state index contributed by atoms with van der Waals surface area (Å²) in [4.78, 5) is 0. The average Bonchev–Trinajstić information content (AvgIpc) is 2.05. The highest BCUT2D eigenvalue weighted by atomic mass is 35.5. The molecule has 0 unspecified atom stereocenters. The quantitative estimate of drug-likeness (QED) is 0.612. The van der Waals surface area contributed by atoms with Crippen molar-refractivity contribution in [3.63, 3.8) is 0 Å². The first-order valence-electron chi connectivity index (χ1n) is 3.49. The van der Waals surface area contributed by atoms with Crippen LogP contribution in [-0.2, 0) is 13.1 Å². The molecular formula is C8H11ClN2. The van der Waals surface area contributed by atoms with Crippen LogP contribution >= 0.6 is 12.4 Å². The summed E-state index contributed by atoms with van der Waals surface area (Å²) in [7, 11) is 0. The monoisotopic (exact) mass is 170 g/mol. The van der Waals surface area contributed by atoms with E-state index in [9.17, 15) is 0 Å². The molecule has 1 aromatic carbocycles. The Morgan fingerprint density at radius 3 is 1.82 bits per heavy atom. The van der Waals surface area contributed by atoms with Crippen LogP contribution in [0.25, 0.3) is 0 Å². The summed E-state index contributed by atoms with van der Waals surface area (Å²) in [6.45, 7) is 1.88. The first kappa shape index (κ1) is 8.53. The molecule has 0 fully saturated rings. The molecule has 0 saturated carbocycles. The van der Waals surface area contributed by atoms with Gasteiger partial charge in [0.2, 0.25) is 0 Å². The third-order valence-electron chi connectivity index (χ3n) is 1.80. The van der Waals surface area contributed by atoms with E-state index < -0.39 is 0 Å². The maximum absolute atomic E-state index is 3.09. The molecule has 1 aliphatic heterocycles. The van der Waals surface area contributed by atoms with Crippen LogP contribution in [-0.4, -0.2) is 0 Å². The zero-order valence-corrected chi connectivity index (χ0v) is 6.95. The minimum absolute atomic E-state index is 0. The molecule has 0 spiro atoms. The summed E-state index contributed by atoms with van der Waals surface area (Å²) < 4.78 is 0. The molecule has 0 aromatic heterocycles. The van der Waals surface area contributed by atoms with Gasteiger partial charge in [-0.05, 0) is 11.1 Å². The molecule has 2 rings (SSSR count). The largest absolute Gasteiger partial charge is 0.253 e. The van der Waals surface area contributed by atoms with Crippen LogP contribution in [0.15, 0.2) is 24.3 Å². The van der Waals surface area contributed by atoms with E-state index in [1.54, 1.807) is 0 Å². The molecule has 0 atom stereocenters. The maximum atomic E-state index is 3.09. The number of nitrogens with one attached hydrogen (secondary N) is 2. The van der Waals surface area contributed by atoms with E-state index in [2.05, 4.69) is 35.1 Å². The van der Waals surface area contributed by atoms with Gasteiger partial charge in [-0.1, -0.05) is 24.3 Å². The number of rotatable bonds is 0. The predicted molar refractivity (Wildman–Crippen MR) is 47.4 cm³/mol. The Morgan fingerprint density at radius 2 is 1.36 bits per heavy atom. The van der Waals surface area contributed by atoms with Crippen molar-refractivity contribution < 1.29 is 0 Å². The van der Waals surface area contributed by atoms with Crippen LogP contribution in [0.5, 0.6) is 0 Å². The van der Waals surface area contributed by atoms with Gasteiger partial charge >= 0.3 is 0 Å². The molecule has 0 radical (unpaired) electrons. The zero-order chi connectivity index (χ0) is 6.81. The molecule has 0 amide bonds. The number of hydrogen-bond donors (Lipinski definition) is 2. The Morgan fingerprint density at radius 1 is 0.909 bits per heavy atom. The van der Waals surface area contributed by atoms with E-state index >= 15 is 0 Å². The van der Waals surface area contributed by atoms with Crippen LogP contribution in [0.1, 0.15) is 11.1 Å². The lowest BCUT2D eigenvalue weighted by molar-refractivity contribution is 0.496. The SMILES string of the molecule is Cl.c1ccc2c(c1)CNNC2. The summed E-state index contributed by atoms with van der Waals surface area (Å²) in [5, 5.41) is 0. The normalized spacial score (nSPS) is 14.9. The van der Waals surface area contributed by atoms with E-state index in [-0.39, 0.29) is 12.4 Å². The van der Waals surface area contributed by atoms with Crippen molar-refractivity contribution in [2.45, 2.75) is 13.1 Å². The Labute approximate surface area is 72.4 Å². The van der Waals surface area contributed by atoms with Gasteiger partial charge in [0, 0.05) is 13.1 Å². The van der Waals surface area contributed by atoms with E-state index in [0.29, 0.717) is 0 Å². The Balaban J connectivity index is 0.000000605. The van der Waals surface area contributed by atoms with Gasteiger partial charge in [0.05, 0.1) is 0 Å². The van der Waals surface area contributed by atoms with Gasteiger partial charge in [0.15, 0.2) is 0 Å². The molecule has 11 heavy (non-hydrogen) atoms. The first-order valence-corrected chi connectivity index (χ1v) is 3.49. The molecule has 1 aliphatic rings. The predicted octanol–water partition coefficient (Wildman–Crippen LogP) is 1.22. The second-order valence-corrected chi connectivity index (χ2v) is 2.48. The molecule has 2 nitrogen and oxygen atoms in total. The molecule has 2 N–H and O–H groups in total. The topological polar surface area (TPSA) is 24.1 Å². The van der Waals surface area contributed by atoms with Crippen molar-refractivity contribution in [3.8, 4) is 0 Å². The molecule has 3 heteroatoms. The van der Waals surface area contributed by atoms with Gasteiger partial charge in [-0.25, -0.2) is 0 Å². The van der Waals surface area contributed by atoms with Crippen LogP contribution < -0.4 is 10.9 Å². The molecule has 1 heterocycles. The molecule has 0 aliphatic carbocycles. The first-order chi connectivity index (χ1) is 4.97. The van der Waals surface area contributed by atoms with E-state index in [4.69, 9.17) is 0 Å². The third kappa shape index (κ3) is 1.71. The number of hydrogen-bond acceptors (Lipinski definition) is 2. The lowest BCUT2D eigenvalue weighted by Gasteiger charge is -2.17. The van der Waals surface area contributed by atoms with Crippen molar-refractivity contribution in [1.29, 1.82) is 0 Å².